The smallest absolute Gasteiger partial charge is 0.222 e. The Kier molecular flexibility index (Phi) is 4.87. The summed E-state index contributed by atoms with van der Waals surface area (Å²) in [5.74, 6) is 1.66. The summed E-state index contributed by atoms with van der Waals surface area (Å²) in [5.41, 5.74) is 3.02. The van der Waals surface area contributed by atoms with E-state index in [0.717, 1.165) is 51.6 Å². The highest BCUT2D eigenvalue weighted by Crippen LogP contribution is 2.39. The van der Waals surface area contributed by atoms with Crippen LogP contribution in [0.2, 0.25) is 0 Å². The van der Waals surface area contributed by atoms with Gasteiger partial charge in [-0.2, -0.15) is 0 Å². The molecule has 0 bridgehead atoms. The maximum absolute atomic E-state index is 9.87. The third kappa shape index (κ3) is 3.95. The molecule has 1 aliphatic carbocycles. The number of hydrogen-bond acceptors (Lipinski definition) is 6. The van der Waals surface area contributed by atoms with Gasteiger partial charge in [0.05, 0.1) is 16.3 Å². The lowest BCUT2D eigenvalue weighted by Crippen LogP contribution is -2.02. The number of rotatable bonds is 5. The van der Waals surface area contributed by atoms with Crippen LogP contribution in [-0.2, 0) is 0 Å². The van der Waals surface area contributed by atoms with Gasteiger partial charge >= 0.3 is 0 Å². The largest absolute Gasteiger partial charge is 0.439 e. The second kappa shape index (κ2) is 7.81. The average Bonchev–Trinajstić information content (AvgIpc) is 3.35. The molecule has 2 aromatic heterocycles. The third-order valence-electron chi connectivity index (χ3n) is 5.26. The van der Waals surface area contributed by atoms with Crippen molar-refractivity contribution < 1.29 is 9.84 Å². The van der Waals surface area contributed by atoms with Gasteiger partial charge in [-0.3, -0.25) is 0 Å². The molecule has 2 atom stereocenters. The molecule has 1 saturated carbocycles. The molecule has 1 fully saturated rings. The van der Waals surface area contributed by atoms with E-state index in [2.05, 4.69) is 21.4 Å². The molecule has 2 heterocycles. The second-order valence-electron chi connectivity index (χ2n) is 7.30. The van der Waals surface area contributed by atoms with Gasteiger partial charge in [0.15, 0.2) is 5.13 Å². The highest BCUT2D eigenvalue weighted by atomic mass is 32.1. The van der Waals surface area contributed by atoms with E-state index in [1.165, 1.54) is 0 Å². The number of aliphatic hydroxyl groups excluding tert-OH is 1. The number of anilines is 2. The van der Waals surface area contributed by atoms with Gasteiger partial charge in [0, 0.05) is 17.4 Å². The van der Waals surface area contributed by atoms with Crippen LogP contribution in [0.5, 0.6) is 11.6 Å². The molecule has 4 aromatic rings. The number of para-hydroxylation sites is 1. The number of benzene rings is 2. The molecule has 0 amide bonds. The lowest BCUT2D eigenvalue weighted by molar-refractivity contribution is 0.181. The second-order valence-corrected chi connectivity index (χ2v) is 8.33. The average molecular weight is 404 g/mol. The van der Waals surface area contributed by atoms with Crippen LogP contribution in [0, 0.1) is 0 Å². The van der Waals surface area contributed by atoms with Gasteiger partial charge in [0.2, 0.25) is 5.88 Å². The standard InChI is InChI=1S/C23H21N3O2S/c27-17-10-7-15(14-17)19-4-3-13-24-22(19)28-18-11-8-16(9-12-18)25-23-26-20-5-1-2-6-21(20)29-23/h1-6,8-9,11-13,15,17,27H,7,10,14H2,(H,25,26)/t15-,17-/m1/s1. The lowest BCUT2D eigenvalue weighted by Gasteiger charge is -2.15. The number of pyridine rings is 1. The number of fused-ring (bicyclic) bond motifs is 1. The Balaban J connectivity index is 1.31. The van der Waals surface area contributed by atoms with Crippen molar-refractivity contribution in [3.63, 3.8) is 0 Å². The highest BCUT2D eigenvalue weighted by molar-refractivity contribution is 7.22. The van der Waals surface area contributed by atoms with Gasteiger partial charge in [-0.1, -0.05) is 29.5 Å². The first-order valence-corrected chi connectivity index (χ1v) is 10.6. The first-order chi connectivity index (χ1) is 14.2. The molecule has 0 radical (unpaired) electrons. The fourth-order valence-corrected chi connectivity index (χ4v) is 4.69. The summed E-state index contributed by atoms with van der Waals surface area (Å²) in [4.78, 5) is 9.04. The van der Waals surface area contributed by atoms with Crippen molar-refractivity contribution in [2.45, 2.75) is 31.3 Å². The fourth-order valence-electron chi connectivity index (χ4n) is 3.81. The summed E-state index contributed by atoms with van der Waals surface area (Å²) in [5, 5.41) is 14.1. The van der Waals surface area contributed by atoms with Crippen LogP contribution in [0.3, 0.4) is 0 Å². The summed E-state index contributed by atoms with van der Waals surface area (Å²) in [6.07, 6.45) is 4.10. The van der Waals surface area contributed by atoms with Crippen molar-refractivity contribution in [3.8, 4) is 11.6 Å². The van der Waals surface area contributed by atoms with Crippen LogP contribution in [0.4, 0.5) is 10.8 Å². The fraction of sp³-hybridized carbons (Fsp3) is 0.217. The topological polar surface area (TPSA) is 67.3 Å². The van der Waals surface area contributed by atoms with Crippen molar-refractivity contribution in [1.82, 2.24) is 9.97 Å². The minimum absolute atomic E-state index is 0.221. The van der Waals surface area contributed by atoms with Crippen molar-refractivity contribution in [2.75, 3.05) is 5.32 Å². The molecular weight excluding hydrogens is 382 g/mol. The van der Waals surface area contributed by atoms with Gasteiger partial charge in [0.25, 0.3) is 0 Å². The predicted molar refractivity (Wildman–Crippen MR) is 116 cm³/mol. The first kappa shape index (κ1) is 18.1. The maximum Gasteiger partial charge on any atom is 0.222 e. The third-order valence-corrected chi connectivity index (χ3v) is 6.21. The van der Waals surface area contributed by atoms with Crippen molar-refractivity contribution in [2.24, 2.45) is 0 Å². The van der Waals surface area contributed by atoms with Crippen LogP contribution < -0.4 is 10.1 Å². The van der Waals surface area contributed by atoms with E-state index < -0.39 is 0 Å². The van der Waals surface area contributed by atoms with E-state index in [1.54, 1.807) is 17.5 Å². The molecule has 2 aromatic carbocycles. The summed E-state index contributed by atoms with van der Waals surface area (Å²) in [6.45, 7) is 0. The quantitative estimate of drug-likeness (QED) is 0.437. The maximum atomic E-state index is 9.87. The number of aromatic nitrogens is 2. The molecule has 2 N–H and O–H groups in total. The number of ether oxygens (including phenoxy) is 1. The van der Waals surface area contributed by atoms with Crippen LogP contribution in [-0.4, -0.2) is 21.2 Å². The molecule has 29 heavy (non-hydrogen) atoms. The van der Waals surface area contributed by atoms with Crippen molar-refractivity contribution in [1.29, 1.82) is 0 Å². The Hall–Kier alpha value is -2.96. The number of thiazole rings is 1. The molecule has 146 valence electrons. The van der Waals surface area contributed by atoms with Crippen molar-refractivity contribution >= 4 is 32.4 Å². The highest BCUT2D eigenvalue weighted by Gasteiger charge is 2.27. The minimum Gasteiger partial charge on any atom is -0.439 e. The molecule has 5 rings (SSSR count). The monoisotopic (exact) mass is 403 g/mol. The number of aliphatic hydroxyl groups is 1. The summed E-state index contributed by atoms with van der Waals surface area (Å²) in [6, 6.07) is 19.9. The normalized spacial score (nSPS) is 18.8. The Morgan fingerprint density at radius 3 is 2.66 bits per heavy atom. The number of nitrogens with zero attached hydrogens (tertiary/aromatic N) is 2. The first-order valence-electron chi connectivity index (χ1n) is 9.78. The molecule has 0 saturated heterocycles. The van der Waals surface area contributed by atoms with Gasteiger partial charge in [0.1, 0.15) is 5.75 Å². The SMILES string of the molecule is O[C@@H]1CC[C@@H](c2cccnc2Oc2ccc(Nc3nc4ccccc4s3)cc2)C1. The Morgan fingerprint density at radius 2 is 1.86 bits per heavy atom. The number of nitrogens with one attached hydrogen (secondary N) is 1. The molecule has 0 spiro atoms. The summed E-state index contributed by atoms with van der Waals surface area (Å²) in [7, 11) is 0. The van der Waals surface area contributed by atoms with Crippen LogP contribution >= 0.6 is 11.3 Å². The van der Waals surface area contributed by atoms with Gasteiger partial charge in [-0.25, -0.2) is 9.97 Å². The zero-order valence-electron chi connectivity index (χ0n) is 15.8. The predicted octanol–water partition coefficient (Wildman–Crippen LogP) is 5.86. The Morgan fingerprint density at radius 1 is 1.00 bits per heavy atom. The van der Waals surface area contributed by atoms with Gasteiger partial charge in [-0.05, 0) is 67.6 Å². The van der Waals surface area contributed by atoms with E-state index in [1.807, 2.05) is 54.6 Å². The number of hydrogen-bond donors (Lipinski definition) is 2. The van der Waals surface area contributed by atoms with E-state index >= 15 is 0 Å². The molecule has 5 nitrogen and oxygen atoms in total. The van der Waals surface area contributed by atoms with E-state index in [4.69, 9.17) is 4.74 Å². The van der Waals surface area contributed by atoms with E-state index in [-0.39, 0.29) is 6.10 Å². The van der Waals surface area contributed by atoms with Crippen LogP contribution in [0.1, 0.15) is 30.7 Å². The molecular formula is C23H21N3O2S. The van der Waals surface area contributed by atoms with Crippen LogP contribution in [0.25, 0.3) is 10.2 Å². The summed E-state index contributed by atoms with van der Waals surface area (Å²) >= 11 is 1.63. The lowest BCUT2D eigenvalue weighted by atomic mass is 9.99. The zero-order valence-corrected chi connectivity index (χ0v) is 16.6. The molecule has 0 unspecified atom stereocenters. The van der Waals surface area contributed by atoms with E-state index in [0.29, 0.717) is 11.8 Å². The minimum atomic E-state index is -0.221. The molecule has 1 aliphatic rings. The Bertz CT molecular complexity index is 1090. The van der Waals surface area contributed by atoms with Crippen molar-refractivity contribution in [3.05, 3.63) is 72.4 Å². The van der Waals surface area contributed by atoms with Gasteiger partial charge < -0.3 is 15.2 Å². The van der Waals surface area contributed by atoms with Crippen LogP contribution in [0.15, 0.2) is 66.9 Å². The molecule has 6 heteroatoms. The zero-order chi connectivity index (χ0) is 19.6. The van der Waals surface area contributed by atoms with E-state index in [9.17, 15) is 5.11 Å². The summed E-state index contributed by atoms with van der Waals surface area (Å²) < 4.78 is 7.24. The molecule has 0 aliphatic heterocycles. The Labute approximate surface area is 173 Å². The van der Waals surface area contributed by atoms with Gasteiger partial charge in [-0.15, -0.1) is 0 Å².